The summed E-state index contributed by atoms with van der Waals surface area (Å²) in [6.07, 6.45) is -3.28. The second-order valence-electron chi connectivity index (χ2n) is 8.74. The van der Waals surface area contributed by atoms with E-state index in [0.717, 1.165) is 5.56 Å². The van der Waals surface area contributed by atoms with E-state index in [0.29, 0.717) is 30.6 Å². The second kappa shape index (κ2) is 8.87. The van der Waals surface area contributed by atoms with Gasteiger partial charge in [-0.15, -0.1) is 13.2 Å². The highest BCUT2D eigenvalue weighted by Crippen LogP contribution is 2.51. The summed E-state index contributed by atoms with van der Waals surface area (Å²) in [4.78, 5) is 12.5. The minimum atomic E-state index is -4.79. The van der Waals surface area contributed by atoms with Crippen molar-refractivity contribution in [1.82, 2.24) is 5.32 Å². The van der Waals surface area contributed by atoms with E-state index in [2.05, 4.69) is 10.1 Å². The molecule has 0 radical (unpaired) electrons. The van der Waals surface area contributed by atoms with Crippen LogP contribution in [-0.4, -0.2) is 32.2 Å². The Bertz CT molecular complexity index is 1000. The first kappa shape index (κ1) is 23.4. The van der Waals surface area contributed by atoms with Gasteiger partial charge in [0.25, 0.3) is 0 Å². The Morgan fingerprint density at radius 1 is 1.18 bits per heavy atom. The molecule has 0 amide bonds. The lowest BCUT2D eigenvalue weighted by Gasteiger charge is -2.44. The molecule has 1 heterocycles. The maximum absolute atomic E-state index is 12.8. The summed E-state index contributed by atoms with van der Waals surface area (Å²) in [5, 5.41) is 3.49. The zero-order valence-corrected chi connectivity index (χ0v) is 18.4. The molecule has 1 saturated carbocycles. The van der Waals surface area contributed by atoms with Gasteiger partial charge in [-0.3, -0.25) is 10.1 Å². The molecule has 2 aromatic carbocycles. The molecular weight excluding hydrogens is 437 g/mol. The molecule has 0 spiro atoms. The average molecular weight is 464 g/mol. The molecule has 5 unspecified atom stereocenters. The van der Waals surface area contributed by atoms with Gasteiger partial charge in [0, 0.05) is 6.04 Å². The third kappa shape index (κ3) is 4.79. The van der Waals surface area contributed by atoms with Crippen molar-refractivity contribution in [2.24, 2.45) is 23.5 Å². The van der Waals surface area contributed by atoms with E-state index in [1.165, 1.54) is 32.4 Å². The number of ether oxygens (including phenoxy) is 3. The van der Waals surface area contributed by atoms with Gasteiger partial charge in [-0.1, -0.05) is 30.3 Å². The minimum absolute atomic E-state index is 0.0474. The second-order valence-corrected chi connectivity index (χ2v) is 8.74. The SMILES string of the molecule is COC(=O)C1CC2CC1(N)NC(c1ccccc1)C2Cc1cc(OC(F)(F)F)ccc1OC. The van der Waals surface area contributed by atoms with Crippen LogP contribution in [0.4, 0.5) is 13.2 Å². The smallest absolute Gasteiger partial charge is 0.496 e. The fourth-order valence-electron chi connectivity index (χ4n) is 5.42. The fraction of sp³-hybridized carbons (Fsp3) is 0.458. The number of carbonyl (C=O) groups is 1. The number of fused-ring (bicyclic) bond motifs is 2. The van der Waals surface area contributed by atoms with Crippen LogP contribution >= 0.6 is 0 Å². The molecule has 2 bridgehead atoms. The number of nitrogens with one attached hydrogen (secondary N) is 1. The maximum Gasteiger partial charge on any atom is 0.573 e. The predicted octanol–water partition coefficient (Wildman–Crippen LogP) is 3.95. The topological polar surface area (TPSA) is 82.8 Å². The highest BCUT2D eigenvalue weighted by Gasteiger charge is 2.57. The number of methoxy groups -OCH3 is 2. The predicted molar refractivity (Wildman–Crippen MR) is 114 cm³/mol. The molecule has 2 aliphatic rings. The standard InChI is InChI=1S/C24H27F3N2O4/c1-31-20-9-8-17(33-24(25,26)27)10-15(20)11-18-16-12-19(22(30)32-2)23(28,13-16)29-21(18)14-6-4-3-5-7-14/h3-10,16,18-19,21,29H,11-13,28H2,1-2H3. The van der Waals surface area contributed by atoms with Crippen LogP contribution in [0.15, 0.2) is 48.5 Å². The Labute approximate surface area is 190 Å². The Kier molecular flexibility index (Phi) is 6.28. The summed E-state index contributed by atoms with van der Waals surface area (Å²) < 4.78 is 52.9. The van der Waals surface area contributed by atoms with Crippen LogP contribution in [0.3, 0.4) is 0 Å². The van der Waals surface area contributed by atoms with Crippen LogP contribution in [0, 0.1) is 17.8 Å². The Morgan fingerprint density at radius 3 is 2.55 bits per heavy atom. The lowest BCUT2D eigenvalue weighted by molar-refractivity contribution is -0.274. The van der Waals surface area contributed by atoms with Crippen LogP contribution in [0.25, 0.3) is 0 Å². The number of piperidine rings is 1. The first-order chi connectivity index (χ1) is 15.6. The number of nitrogens with two attached hydrogens (primary N) is 1. The number of hydrogen-bond acceptors (Lipinski definition) is 6. The van der Waals surface area contributed by atoms with Crippen molar-refractivity contribution in [3.05, 3.63) is 59.7 Å². The van der Waals surface area contributed by atoms with Crippen molar-refractivity contribution in [2.45, 2.75) is 37.3 Å². The zero-order valence-electron chi connectivity index (χ0n) is 18.4. The molecule has 9 heteroatoms. The molecule has 6 nitrogen and oxygen atoms in total. The van der Waals surface area contributed by atoms with E-state index in [9.17, 15) is 18.0 Å². The van der Waals surface area contributed by atoms with Crippen LogP contribution in [0.5, 0.6) is 11.5 Å². The quantitative estimate of drug-likeness (QED) is 0.630. The van der Waals surface area contributed by atoms with Gasteiger partial charge in [0.2, 0.25) is 0 Å². The summed E-state index contributed by atoms with van der Waals surface area (Å²) in [6.45, 7) is 0. The van der Waals surface area contributed by atoms with Crippen molar-refractivity contribution in [2.75, 3.05) is 14.2 Å². The van der Waals surface area contributed by atoms with Gasteiger partial charge in [-0.05, 0) is 60.4 Å². The van der Waals surface area contributed by atoms with E-state index in [1.54, 1.807) is 0 Å². The van der Waals surface area contributed by atoms with Crippen molar-refractivity contribution in [1.29, 1.82) is 0 Å². The summed E-state index contributed by atoms with van der Waals surface area (Å²) in [7, 11) is 2.82. The third-order valence-electron chi connectivity index (χ3n) is 6.80. The van der Waals surface area contributed by atoms with Crippen molar-refractivity contribution >= 4 is 5.97 Å². The summed E-state index contributed by atoms with van der Waals surface area (Å²) in [5.74, 6) is -0.686. The Balaban J connectivity index is 1.70. The molecule has 0 aromatic heterocycles. The summed E-state index contributed by atoms with van der Waals surface area (Å²) in [6, 6.07) is 13.6. The van der Waals surface area contributed by atoms with Crippen molar-refractivity contribution < 1.29 is 32.2 Å². The molecule has 1 aliphatic carbocycles. The zero-order chi connectivity index (χ0) is 23.8. The van der Waals surface area contributed by atoms with E-state index >= 15 is 0 Å². The first-order valence-electron chi connectivity index (χ1n) is 10.8. The lowest BCUT2D eigenvalue weighted by atomic mass is 9.74. The molecule has 33 heavy (non-hydrogen) atoms. The molecule has 2 fully saturated rings. The number of carbonyl (C=O) groups excluding carboxylic acids is 1. The normalized spacial score (nSPS) is 28.9. The third-order valence-corrected chi connectivity index (χ3v) is 6.80. The first-order valence-corrected chi connectivity index (χ1v) is 10.8. The van der Waals surface area contributed by atoms with Gasteiger partial charge in [0.05, 0.1) is 25.8 Å². The monoisotopic (exact) mass is 464 g/mol. The van der Waals surface area contributed by atoms with E-state index in [1.807, 2.05) is 30.3 Å². The maximum atomic E-state index is 12.8. The molecule has 178 valence electrons. The lowest BCUT2D eigenvalue weighted by Crippen LogP contribution is -2.62. The molecule has 2 aromatic rings. The van der Waals surface area contributed by atoms with Gasteiger partial charge in [-0.25, -0.2) is 0 Å². The van der Waals surface area contributed by atoms with Crippen LogP contribution in [0.1, 0.15) is 30.0 Å². The van der Waals surface area contributed by atoms with Crippen molar-refractivity contribution in [3.63, 3.8) is 0 Å². The number of benzene rings is 2. The highest BCUT2D eigenvalue weighted by atomic mass is 19.4. The van der Waals surface area contributed by atoms with Crippen LogP contribution in [-0.2, 0) is 16.0 Å². The van der Waals surface area contributed by atoms with Crippen LogP contribution in [0.2, 0.25) is 0 Å². The van der Waals surface area contributed by atoms with Gasteiger partial charge in [-0.2, -0.15) is 0 Å². The van der Waals surface area contributed by atoms with Gasteiger partial charge < -0.3 is 19.9 Å². The molecular formula is C24H27F3N2O4. The number of rotatable bonds is 6. The van der Waals surface area contributed by atoms with Crippen molar-refractivity contribution in [3.8, 4) is 11.5 Å². The molecule has 1 aliphatic heterocycles. The Hall–Kier alpha value is -2.78. The number of hydrogen-bond donors (Lipinski definition) is 2. The number of alkyl halides is 3. The molecule has 3 N–H and O–H groups in total. The average Bonchev–Trinajstić information content (AvgIpc) is 3.06. The van der Waals surface area contributed by atoms with Crippen LogP contribution < -0.4 is 20.5 Å². The number of esters is 1. The highest BCUT2D eigenvalue weighted by molar-refractivity contribution is 5.74. The van der Waals surface area contributed by atoms with Gasteiger partial charge in [0.1, 0.15) is 11.5 Å². The van der Waals surface area contributed by atoms with E-state index in [4.69, 9.17) is 15.2 Å². The van der Waals surface area contributed by atoms with E-state index in [-0.39, 0.29) is 29.6 Å². The molecule has 1 saturated heterocycles. The Morgan fingerprint density at radius 2 is 1.91 bits per heavy atom. The minimum Gasteiger partial charge on any atom is -0.496 e. The molecule has 4 rings (SSSR count). The fourth-order valence-corrected chi connectivity index (χ4v) is 5.42. The van der Waals surface area contributed by atoms with E-state index < -0.39 is 17.9 Å². The molecule has 5 atom stereocenters. The van der Waals surface area contributed by atoms with Gasteiger partial charge >= 0.3 is 12.3 Å². The van der Waals surface area contributed by atoms with Gasteiger partial charge in [0.15, 0.2) is 0 Å². The summed E-state index contributed by atoms with van der Waals surface area (Å²) >= 11 is 0. The largest absolute Gasteiger partial charge is 0.573 e. The summed E-state index contributed by atoms with van der Waals surface area (Å²) in [5.41, 5.74) is 7.35. The number of halogens is 3.